The molecule has 1 aromatic heterocycles. The Labute approximate surface area is 206 Å². The number of piperidine rings is 1. The highest BCUT2D eigenvalue weighted by molar-refractivity contribution is 6.33. The number of hydrogen-bond acceptors (Lipinski definition) is 3. The van der Waals surface area contributed by atoms with Crippen molar-refractivity contribution in [2.45, 2.75) is 32.7 Å². The first-order valence-corrected chi connectivity index (χ1v) is 12.3. The molecule has 1 N–H and O–H groups in total. The number of nitrogens with one attached hydrogen (secondary N) is 1. The van der Waals surface area contributed by atoms with Crippen molar-refractivity contribution in [3.05, 3.63) is 89.6 Å². The molecule has 5 heteroatoms. The molecular formula is C29H29ClN4. The molecule has 1 saturated heterocycles. The average molecular weight is 469 g/mol. The highest BCUT2D eigenvalue weighted by Gasteiger charge is 2.11. The lowest BCUT2D eigenvalue weighted by Crippen LogP contribution is -2.28. The zero-order valence-corrected chi connectivity index (χ0v) is 20.2. The monoisotopic (exact) mass is 468 g/mol. The van der Waals surface area contributed by atoms with Crippen LogP contribution >= 0.6 is 11.6 Å². The number of hydrogen-bond donors (Lipinski definition) is 1. The Morgan fingerprint density at radius 2 is 1.76 bits per heavy atom. The molecule has 0 aliphatic carbocycles. The molecule has 0 atom stereocenters. The van der Waals surface area contributed by atoms with Gasteiger partial charge in [0.1, 0.15) is 5.84 Å². The van der Waals surface area contributed by atoms with Crippen molar-refractivity contribution in [1.29, 1.82) is 0 Å². The second-order valence-corrected chi connectivity index (χ2v) is 9.31. The number of halogens is 1. The molecule has 34 heavy (non-hydrogen) atoms. The molecule has 0 radical (unpaired) electrons. The van der Waals surface area contributed by atoms with E-state index in [4.69, 9.17) is 16.6 Å². The normalized spacial score (nSPS) is 14.9. The van der Waals surface area contributed by atoms with Crippen LogP contribution in [0.1, 0.15) is 31.7 Å². The molecule has 0 saturated carbocycles. The van der Waals surface area contributed by atoms with Gasteiger partial charge in [0.25, 0.3) is 0 Å². The minimum Gasteiger partial charge on any atom is -0.344 e. The maximum Gasteiger partial charge on any atom is 0.103 e. The summed E-state index contributed by atoms with van der Waals surface area (Å²) in [4.78, 5) is 11.9. The molecule has 1 aliphatic heterocycles. The fourth-order valence-corrected chi connectivity index (χ4v) is 4.81. The van der Waals surface area contributed by atoms with Crippen LogP contribution < -0.4 is 5.32 Å². The van der Waals surface area contributed by atoms with Crippen molar-refractivity contribution < 1.29 is 0 Å². The summed E-state index contributed by atoms with van der Waals surface area (Å²) in [6, 6.07) is 24.7. The first kappa shape index (κ1) is 22.6. The van der Waals surface area contributed by atoms with E-state index in [1.807, 2.05) is 49.5 Å². The smallest absolute Gasteiger partial charge is 0.103 e. The molecule has 5 rings (SSSR count). The molecule has 0 bridgehead atoms. The number of likely N-dealkylation sites (tertiary alicyclic amines) is 1. The van der Waals surface area contributed by atoms with E-state index in [-0.39, 0.29) is 0 Å². The Balaban J connectivity index is 1.32. The summed E-state index contributed by atoms with van der Waals surface area (Å²) in [6.45, 7) is 5.42. The third kappa shape index (κ3) is 5.30. The second kappa shape index (κ2) is 10.4. The van der Waals surface area contributed by atoms with Gasteiger partial charge in [-0.1, -0.05) is 54.4 Å². The van der Waals surface area contributed by atoms with Gasteiger partial charge < -0.3 is 5.32 Å². The second-order valence-electron chi connectivity index (χ2n) is 8.90. The Kier molecular flexibility index (Phi) is 6.89. The van der Waals surface area contributed by atoms with Gasteiger partial charge in [0.15, 0.2) is 0 Å². The fraction of sp³-hybridized carbons (Fsp3) is 0.241. The summed E-state index contributed by atoms with van der Waals surface area (Å²) in [5.41, 5.74) is 5.00. The first-order valence-electron chi connectivity index (χ1n) is 11.9. The van der Waals surface area contributed by atoms with Gasteiger partial charge >= 0.3 is 0 Å². The number of amidine groups is 1. The molecular weight excluding hydrogens is 440 g/mol. The standard InChI is InChI=1S/C29H29ClN4/c1-21(32-24-11-9-22(10-12-24)20-34-17-5-2-6-18-34)33-25-13-14-28(30)27(19-25)29-26-8-4-3-7-23(26)15-16-31-29/h3-4,7-16,19H,2,5-6,17-18,20H2,1H3,(H,32,33). The summed E-state index contributed by atoms with van der Waals surface area (Å²) < 4.78 is 0. The molecule has 0 amide bonds. The minimum atomic E-state index is 0.674. The summed E-state index contributed by atoms with van der Waals surface area (Å²) >= 11 is 6.58. The largest absolute Gasteiger partial charge is 0.344 e. The lowest BCUT2D eigenvalue weighted by molar-refractivity contribution is 0.221. The summed E-state index contributed by atoms with van der Waals surface area (Å²) in [5, 5.41) is 6.31. The van der Waals surface area contributed by atoms with E-state index < -0.39 is 0 Å². The predicted octanol–water partition coefficient (Wildman–Crippen LogP) is 7.70. The molecule has 1 fully saturated rings. The number of benzene rings is 3. The number of aliphatic imine (C=N–C) groups is 1. The highest BCUT2D eigenvalue weighted by Crippen LogP contribution is 2.33. The Morgan fingerprint density at radius 3 is 2.59 bits per heavy atom. The molecule has 3 aromatic carbocycles. The lowest BCUT2D eigenvalue weighted by atomic mass is 10.0. The van der Waals surface area contributed by atoms with E-state index in [9.17, 15) is 0 Å². The molecule has 4 nitrogen and oxygen atoms in total. The number of aromatic nitrogens is 1. The van der Waals surface area contributed by atoms with E-state index in [2.05, 4.69) is 51.6 Å². The first-order chi connectivity index (χ1) is 16.7. The van der Waals surface area contributed by atoms with E-state index in [1.165, 1.54) is 37.9 Å². The fourth-order valence-electron chi connectivity index (χ4n) is 4.60. The number of anilines is 1. The van der Waals surface area contributed by atoms with Crippen molar-refractivity contribution in [2.24, 2.45) is 4.99 Å². The Morgan fingerprint density at radius 1 is 0.971 bits per heavy atom. The molecule has 1 aliphatic rings. The Hall–Kier alpha value is -3.21. The predicted molar refractivity (Wildman–Crippen MR) is 144 cm³/mol. The van der Waals surface area contributed by atoms with Crippen molar-refractivity contribution in [3.63, 3.8) is 0 Å². The van der Waals surface area contributed by atoms with E-state index in [1.54, 1.807) is 0 Å². The van der Waals surface area contributed by atoms with Gasteiger partial charge in [-0.05, 0) is 80.2 Å². The molecule has 4 aromatic rings. The highest BCUT2D eigenvalue weighted by atomic mass is 35.5. The van der Waals surface area contributed by atoms with Gasteiger partial charge in [0.05, 0.1) is 16.4 Å². The van der Waals surface area contributed by atoms with Crippen LogP contribution in [0, 0.1) is 0 Å². The number of nitrogens with zero attached hydrogens (tertiary/aromatic N) is 3. The number of rotatable bonds is 5. The third-order valence-electron chi connectivity index (χ3n) is 6.31. The summed E-state index contributed by atoms with van der Waals surface area (Å²) in [5.74, 6) is 0.822. The van der Waals surface area contributed by atoms with Gasteiger partial charge in [-0.15, -0.1) is 0 Å². The van der Waals surface area contributed by atoms with Crippen LogP contribution in [0.3, 0.4) is 0 Å². The van der Waals surface area contributed by atoms with Crippen LogP contribution in [0.15, 0.2) is 84.0 Å². The zero-order chi connectivity index (χ0) is 23.3. The van der Waals surface area contributed by atoms with Crippen LogP contribution in [-0.4, -0.2) is 28.8 Å². The van der Waals surface area contributed by atoms with Crippen molar-refractivity contribution >= 4 is 39.6 Å². The van der Waals surface area contributed by atoms with E-state index in [0.717, 1.165) is 45.8 Å². The Bertz CT molecular complexity index is 1300. The van der Waals surface area contributed by atoms with Gasteiger partial charge in [-0.2, -0.15) is 0 Å². The van der Waals surface area contributed by atoms with Gasteiger partial charge in [0, 0.05) is 29.4 Å². The third-order valence-corrected chi connectivity index (χ3v) is 6.64. The minimum absolute atomic E-state index is 0.674. The topological polar surface area (TPSA) is 40.5 Å². The van der Waals surface area contributed by atoms with Crippen LogP contribution in [0.2, 0.25) is 5.02 Å². The van der Waals surface area contributed by atoms with Crippen LogP contribution in [0.25, 0.3) is 22.0 Å². The van der Waals surface area contributed by atoms with Crippen molar-refractivity contribution in [2.75, 3.05) is 18.4 Å². The molecule has 0 spiro atoms. The van der Waals surface area contributed by atoms with Crippen molar-refractivity contribution in [1.82, 2.24) is 9.88 Å². The maximum absolute atomic E-state index is 6.58. The van der Waals surface area contributed by atoms with Crippen LogP contribution in [-0.2, 0) is 6.54 Å². The van der Waals surface area contributed by atoms with E-state index in [0.29, 0.717) is 5.02 Å². The average Bonchev–Trinajstić information content (AvgIpc) is 2.87. The maximum atomic E-state index is 6.58. The molecule has 172 valence electrons. The lowest BCUT2D eigenvalue weighted by Gasteiger charge is -2.26. The van der Waals surface area contributed by atoms with Gasteiger partial charge in [-0.3, -0.25) is 9.88 Å². The summed E-state index contributed by atoms with van der Waals surface area (Å²) in [6.07, 6.45) is 5.83. The SMILES string of the molecule is CC(=Nc1ccc(CN2CCCCC2)cc1)Nc1ccc(Cl)c(-c2nccc3ccccc23)c1. The van der Waals surface area contributed by atoms with Gasteiger partial charge in [-0.25, -0.2) is 4.99 Å². The quantitative estimate of drug-likeness (QED) is 0.241. The van der Waals surface area contributed by atoms with Crippen LogP contribution in [0.5, 0.6) is 0 Å². The van der Waals surface area contributed by atoms with Crippen LogP contribution in [0.4, 0.5) is 11.4 Å². The summed E-state index contributed by atoms with van der Waals surface area (Å²) in [7, 11) is 0. The number of pyridine rings is 1. The van der Waals surface area contributed by atoms with Gasteiger partial charge in [0.2, 0.25) is 0 Å². The zero-order valence-electron chi connectivity index (χ0n) is 19.5. The van der Waals surface area contributed by atoms with E-state index >= 15 is 0 Å². The molecule has 2 heterocycles. The number of fused-ring (bicyclic) bond motifs is 1. The molecule has 0 unspecified atom stereocenters. The van der Waals surface area contributed by atoms with Crippen molar-refractivity contribution in [3.8, 4) is 11.3 Å².